The topological polar surface area (TPSA) is 76.7 Å². The van der Waals surface area contributed by atoms with Crippen LogP contribution in [0.15, 0.2) is 48.5 Å². The van der Waals surface area contributed by atoms with Crippen LogP contribution in [0.1, 0.15) is 5.56 Å². The highest BCUT2D eigenvalue weighted by Gasteiger charge is 2.06. The maximum absolute atomic E-state index is 11.6. The Morgan fingerprint density at radius 3 is 2.08 bits per heavy atom. The average Bonchev–Trinajstić information content (AvgIpc) is 2.57. The van der Waals surface area contributed by atoms with Crippen molar-refractivity contribution in [3.8, 4) is 11.5 Å². The molecule has 0 unspecified atom stereocenters. The number of aryl methyl sites for hydroxylation is 1. The van der Waals surface area contributed by atoms with E-state index in [-0.39, 0.29) is 13.2 Å². The number of nitrogens with one attached hydrogen (secondary N) is 2. The molecule has 0 spiro atoms. The van der Waals surface area contributed by atoms with Crippen molar-refractivity contribution in [2.24, 2.45) is 0 Å². The predicted octanol–water partition coefficient (Wildman–Crippen LogP) is 2.25. The minimum Gasteiger partial charge on any atom is -0.484 e. The summed E-state index contributed by atoms with van der Waals surface area (Å²) >= 11 is 5.75. The van der Waals surface area contributed by atoms with Gasteiger partial charge in [-0.05, 0) is 48.9 Å². The van der Waals surface area contributed by atoms with Crippen LogP contribution in [0.25, 0.3) is 0 Å². The predicted molar refractivity (Wildman–Crippen MR) is 89.9 cm³/mol. The molecule has 2 rings (SSSR count). The molecule has 2 N–H and O–H groups in total. The van der Waals surface area contributed by atoms with Crippen molar-refractivity contribution in [1.82, 2.24) is 10.9 Å². The van der Waals surface area contributed by atoms with Crippen LogP contribution in [-0.2, 0) is 9.59 Å². The van der Waals surface area contributed by atoms with Crippen molar-refractivity contribution < 1.29 is 19.1 Å². The van der Waals surface area contributed by atoms with Crippen LogP contribution in [0.4, 0.5) is 0 Å². The summed E-state index contributed by atoms with van der Waals surface area (Å²) < 4.78 is 10.6. The zero-order chi connectivity index (χ0) is 17.4. The van der Waals surface area contributed by atoms with Gasteiger partial charge >= 0.3 is 0 Å². The van der Waals surface area contributed by atoms with Gasteiger partial charge in [0.05, 0.1) is 0 Å². The summed E-state index contributed by atoms with van der Waals surface area (Å²) in [6, 6.07) is 13.9. The van der Waals surface area contributed by atoms with E-state index in [0.717, 1.165) is 5.56 Å². The molecule has 0 atom stereocenters. The fraction of sp³-hybridized carbons (Fsp3) is 0.176. The quantitative estimate of drug-likeness (QED) is 0.785. The van der Waals surface area contributed by atoms with E-state index in [9.17, 15) is 9.59 Å². The molecule has 7 heteroatoms. The molecular weight excluding hydrogens is 332 g/mol. The monoisotopic (exact) mass is 348 g/mol. The SMILES string of the molecule is Cc1cccc(OCC(=O)NNC(=O)COc2ccc(Cl)cc2)c1. The number of halogens is 1. The second-order valence-electron chi connectivity index (χ2n) is 4.94. The van der Waals surface area contributed by atoms with Crippen LogP contribution in [0.2, 0.25) is 5.02 Å². The number of carbonyl (C=O) groups is 2. The molecule has 0 aliphatic heterocycles. The lowest BCUT2D eigenvalue weighted by atomic mass is 10.2. The second-order valence-corrected chi connectivity index (χ2v) is 5.38. The van der Waals surface area contributed by atoms with E-state index in [4.69, 9.17) is 21.1 Å². The summed E-state index contributed by atoms with van der Waals surface area (Å²) in [6.07, 6.45) is 0. The molecule has 6 nitrogen and oxygen atoms in total. The molecule has 0 fully saturated rings. The van der Waals surface area contributed by atoms with Gasteiger partial charge in [0.1, 0.15) is 11.5 Å². The molecule has 0 aromatic heterocycles. The van der Waals surface area contributed by atoms with E-state index in [1.165, 1.54) is 0 Å². The number of hydrazine groups is 1. The molecule has 2 aromatic rings. The number of rotatable bonds is 6. The van der Waals surface area contributed by atoms with Crippen LogP contribution in [0.5, 0.6) is 11.5 Å². The minimum atomic E-state index is -0.492. The van der Waals surface area contributed by atoms with Crippen molar-refractivity contribution in [3.05, 3.63) is 59.1 Å². The third-order valence-electron chi connectivity index (χ3n) is 2.88. The summed E-state index contributed by atoms with van der Waals surface area (Å²) in [5.74, 6) is 0.122. The summed E-state index contributed by atoms with van der Waals surface area (Å²) in [5.41, 5.74) is 5.52. The van der Waals surface area contributed by atoms with Gasteiger partial charge in [-0.3, -0.25) is 20.4 Å². The largest absolute Gasteiger partial charge is 0.484 e. The van der Waals surface area contributed by atoms with Gasteiger partial charge < -0.3 is 9.47 Å². The maximum Gasteiger partial charge on any atom is 0.276 e. The lowest BCUT2D eigenvalue weighted by Gasteiger charge is -2.10. The van der Waals surface area contributed by atoms with Crippen molar-refractivity contribution in [2.75, 3.05) is 13.2 Å². The van der Waals surface area contributed by atoms with Crippen molar-refractivity contribution in [2.45, 2.75) is 6.92 Å². The van der Waals surface area contributed by atoms with E-state index in [1.54, 1.807) is 30.3 Å². The van der Waals surface area contributed by atoms with Gasteiger partial charge in [0.25, 0.3) is 11.8 Å². The Hall–Kier alpha value is -2.73. The highest BCUT2D eigenvalue weighted by atomic mass is 35.5. The molecule has 0 aliphatic carbocycles. The molecule has 24 heavy (non-hydrogen) atoms. The average molecular weight is 349 g/mol. The van der Waals surface area contributed by atoms with Crippen LogP contribution >= 0.6 is 11.6 Å². The standard InChI is InChI=1S/C17H17ClN2O4/c1-12-3-2-4-15(9-12)24-11-17(22)20-19-16(21)10-23-14-7-5-13(18)6-8-14/h2-9H,10-11H2,1H3,(H,19,21)(H,20,22). The van der Waals surface area contributed by atoms with Gasteiger partial charge in [0.15, 0.2) is 13.2 Å². The third kappa shape index (κ3) is 6.18. The molecule has 126 valence electrons. The first-order chi connectivity index (χ1) is 11.5. The highest BCUT2D eigenvalue weighted by molar-refractivity contribution is 6.30. The summed E-state index contributed by atoms with van der Waals surface area (Å²) in [7, 11) is 0. The number of ether oxygens (including phenoxy) is 2. The molecule has 0 saturated carbocycles. The maximum atomic E-state index is 11.6. The Labute approximate surface area is 144 Å². The molecule has 2 amide bonds. The second kappa shape index (κ2) is 8.79. The lowest BCUT2D eigenvalue weighted by Crippen LogP contribution is -2.45. The van der Waals surface area contributed by atoms with Crippen LogP contribution in [-0.4, -0.2) is 25.0 Å². The Bertz CT molecular complexity index is 704. The van der Waals surface area contributed by atoms with Gasteiger partial charge in [-0.1, -0.05) is 23.7 Å². The molecule has 0 radical (unpaired) electrons. The molecule has 0 aliphatic rings. The Balaban J connectivity index is 1.65. The molecule has 0 heterocycles. The smallest absolute Gasteiger partial charge is 0.276 e. The minimum absolute atomic E-state index is 0.207. The van der Waals surface area contributed by atoms with E-state index in [0.29, 0.717) is 16.5 Å². The first-order valence-electron chi connectivity index (χ1n) is 7.18. The van der Waals surface area contributed by atoms with Crippen molar-refractivity contribution in [1.29, 1.82) is 0 Å². The van der Waals surface area contributed by atoms with Gasteiger partial charge in [0, 0.05) is 5.02 Å². The molecular formula is C17H17ClN2O4. The zero-order valence-corrected chi connectivity index (χ0v) is 13.8. The Morgan fingerprint density at radius 1 is 0.917 bits per heavy atom. The van der Waals surface area contributed by atoms with Gasteiger partial charge in [-0.15, -0.1) is 0 Å². The fourth-order valence-corrected chi connectivity index (χ4v) is 1.87. The van der Waals surface area contributed by atoms with Crippen LogP contribution < -0.4 is 20.3 Å². The molecule has 0 bridgehead atoms. The summed E-state index contributed by atoms with van der Waals surface area (Å²) in [4.78, 5) is 23.2. The number of carbonyl (C=O) groups excluding carboxylic acids is 2. The first kappa shape index (κ1) is 17.6. The van der Waals surface area contributed by atoms with Crippen molar-refractivity contribution in [3.63, 3.8) is 0 Å². The number of hydrogen-bond donors (Lipinski definition) is 2. The fourth-order valence-electron chi connectivity index (χ4n) is 1.75. The van der Waals surface area contributed by atoms with Crippen molar-refractivity contribution >= 4 is 23.4 Å². The van der Waals surface area contributed by atoms with Gasteiger partial charge in [-0.25, -0.2) is 0 Å². The zero-order valence-electron chi connectivity index (χ0n) is 13.0. The van der Waals surface area contributed by atoms with E-state index in [1.807, 2.05) is 25.1 Å². The molecule has 2 aromatic carbocycles. The van der Waals surface area contributed by atoms with Crippen LogP contribution in [0, 0.1) is 6.92 Å². The number of hydrogen-bond acceptors (Lipinski definition) is 4. The van der Waals surface area contributed by atoms with E-state index >= 15 is 0 Å². The first-order valence-corrected chi connectivity index (χ1v) is 7.56. The molecule has 0 saturated heterocycles. The Morgan fingerprint density at radius 2 is 1.50 bits per heavy atom. The lowest BCUT2D eigenvalue weighted by molar-refractivity contribution is -0.131. The summed E-state index contributed by atoms with van der Waals surface area (Å²) in [6.45, 7) is 1.48. The van der Waals surface area contributed by atoms with Crippen LogP contribution in [0.3, 0.4) is 0 Å². The van der Waals surface area contributed by atoms with Gasteiger partial charge in [0.2, 0.25) is 0 Å². The Kier molecular flexibility index (Phi) is 6.45. The number of amides is 2. The number of benzene rings is 2. The third-order valence-corrected chi connectivity index (χ3v) is 3.14. The highest BCUT2D eigenvalue weighted by Crippen LogP contribution is 2.15. The summed E-state index contributed by atoms with van der Waals surface area (Å²) in [5, 5.41) is 0.577. The van der Waals surface area contributed by atoms with Gasteiger partial charge in [-0.2, -0.15) is 0 Å². The van der Waals surface area contributed by atoms with E-state index < -0.39 is 11.8 Å². The normalized spacial score (nSPS) is 9.92. The van der Waals surface area contributed by atoms with E-state index in [2.05, 4.69) is 10.9 Å².